The van der Waals surface area contributed by atoms with Crippen LogP contribution in [0.15, 0.2) is 66.9 Å². The average molecular weight is 357 g/mol. The Hall–Kier alpha value is -2.88. The third-order valence-electron chi connectivity index (χ3n) is 6.26. The lowest BCUT2D eigenvalue weighted by Crippen LogP contribution is -2.38. The van der Waals surface area contributed by atoms with Gasteiger partial charge in [0.1, 0.15) is 0 Å². The number of aromatic nitrogens is 1. The first-order chi connectivity index (χ1) is 13.3. The Morgan fingerprint density at radius 2 is 1.74 bits per heavy atom. The largest absolute Gasteiger partial charge is 0.371 e. The van der Waals surface area contributed by atoms with Gasteiger partial charge in [0.05, 0.1) is 5.52 Å². The van der Waals surface area contributed by atoms with Gasteiger partial charge >= 0.3 is 0 Å². The molecule has 0 bridgehead atoms. The van der Waals surface area contributed by atoms with Crippen molar-refractivity contribution in [2.45, 2.75) is 25.3 Å². The van der Waals surface area contributed by atoms with Crippen LogP contribution in [0.5, 0.6) is 0 Å². The number of carbonyl (C=O) groups is 1. The van der Waals surface area contributed by atoms with Gasteiger partial charge in [-0.2, -0.15) is 0 Å². The lowest BCUT2D eigenvalue weighted by molar-refractivity contribution is 0.0943. The molecule has 1 N–H and O–H groups in total. The number of anilines is 1. The predicted molar refractivity (Wildman–Crippen MR) is 108 cm³/mol. The van der Waals surface area contributed by atoms with Crippen molar-refractivity contribution < 1.29 is 4.79 Å². The Morgan fingerprint density at radius 3 is 2.56 bits per heavy atom. The van der Waals surface area contributed by atoms with Gasteiger partial charge in [0.25, 0.3) is 5.91 Å². The van der Waals surface area contributed by atoms with Crippen molar-refractivity contribution in [2.24, 2.45) is 5.41 Å². The number of nitrogens with one attached hydrogen (secondary N) is 1. The van der Waals surface area contributed by atoms with E-state index in [9.17, 15) is 4.79 Å². The second-order valence-corrected chi connectivity index (χ2v) is 7.79. The molecule has 2 aromatic carbocycles. The van der Waals surface area contributed by atoms with Crippen LogP contribution in [0.4, 0.5) is 5.69 Å². The molecular weight excluding hydrogens is 334 g/mol. The number of fused-ring (bicyclic) bond motifs is 1. The third-order valence-corrected chi connectivity index (χ3v) is 6.26. The summed E-state index contributed by atoms with van der Waals surface area (Å²) in [6.45, 7) is 2.07. The predicted octanol–water partition coefficient (Wildman–Crippen LogP) is 4.02. The molecule has 1 aliphatic heterocycles. The smallest absolute Gasteiger partial charge is 0.251 e. The second-order valence-electron chi connectivity index (χ2n) is 7.79. The van der Waals surface area contributed by atoms with Gasteiger partial charge in [-0.25, -0.2) is 0 Å². The van der Waals surface area contributed by atoms with Crippen molar-refractivity contribution in [3.05, 3.63) is 72.4 Å². The average Bonchev–Trinajstić information content (AvgIpc) is 3.39. The Balaban J connectivity index is 1.25. The van der Waals surface area contributed by atoms with Gasteiger partial charge in [-0.05, 0) is 48.9 Å². The number of carbonyl (C=O) groups excluding carboxylic acids is 1. The van der Waals surface area contributed by atoms with E-state index < -0.39 is 0 Å². The maximum atomic E-state index is 12.4. The quantitative estimate of drug-likeness (QED) is 0.770. The lowest BCUT2D eigenvalue weighted by atomic mass is 9.92. The number of pyridine rings is 1. The summed E-state index contributed by atoms with van der Waals surface area (Å²) in [7, 11) is 0. The molecule has 5 rings (SSSR count). The Labute approximate surface area is 159 Å². The molecule has 3 aromatic rings. The van der Waals surface area contributed by atoms with E-state index in [2.05, 4.69) is 39.5 Å². The summed E-state index contributed by atoms with van der Waals surface area (Å²) < 4.78 is 0. The number of benzene rings is 2. The summed E-state index contributed by atoms with van der Waals surface area (Å²) in [6, 6.07) is 20.3. The fourth-order valence-electron chi connectivity index (χ4n) is 4.48. The zero-order valence-electron chi connectivity index (χ0n) is 15.3. The van der Waals surface area contributed by atoms with Crippen LogP contribution < -0.4 is 10.2 Å². The summed E-state index contributed by atoms with van der Waals surface area (Å²) in [4.78, 5) is 19.4. The van der Waals surface area contributed by atoms with Crippen LogP contribution in [-0.4, -0.2) is 30.0 Å². The normalized spacial score (nSPS) is 20.6. The van der Waals surface area contributed by atoms with E-state index >= 15 is 0 Å². The summed E-state index contributed by atoms with van der Waals surface area (Å²) in [6.07, 6.45) is 5.27. The topological polar surface area (TPSA) is 45.2 Å². The Morgan fingerprint density at radius 1 is 1.00 bits per heavy atom. The van der Waals surface area contributed by atoms with Crippen molar-refractivity contribution in [2.75, 3.05) is 18.0 Å². The highest BCUT2D eigenvalue weighted by Gasteiger charge is 2.55. The van der Waals surface area contributed by atoms with Crippen molar-refractivity contribution >= 4 is 22.5 Å². The van der Waals surface area contributed by atoms with Gasteiger partial charge in [-0.1, -0.05) is 36.4 Å². The molecule has 2 heterocycles. The van der Waals surface area contributed by atoms with Crippen LogP contribution in [0, 0.1) is 5.41 Å². The molecule has 1 atom stereocenters. The molecule has 0 radical (unpaired) electrons. The first-order valence-electron chi connectivity index (χ1n) is 9.70. The second kappa shape index (κ2) is 6.38. The Bertz CT molecular complexity index is 972. The lowest BCUT2D eigenvalue weighted by Gasteiger charge is -2.35. The summed E-state index contributed by atoms with van der Waals surface area (Å²) in [5, 5.41) is 4.47. The van der Waals surface area contributed by atoms with E-state index in [1.807, 2.05) is 42.6 Å². The fourth-order valence-corrected chi connectivity index (χ4v) is 4.48. The minimum atomic E-state index is 0.0556. The standard InChI is InChI=1S/C23H23N3O/c27-22(17-6-2-1-3-7-17)25-21-16-23(21)11-14-26(15-12-23)20-10-13-24-19-9-5-4-8-18(19)20/h1-10,13,21H,11-12,14-16H2,(H,25,27)/t21-/m1/s1. The SMILES string of the molecule is O=C(N[C@@H]1CC12CCN(c1ccnc3ccccc13)CC2)c1ccccc1. The number of piperidine rings is 1. The van der Waals surface area contributed by atoms with Gasteiger partial charge in [-0.3, -0.25) is 9.78 Å². The molecule has 2 fully saturated rings. The molecule has 4 heteroatoms. The molecule has 1 amide bonds. The molecule has 0 unspecified atom stereocenters. The van der Waals surface area contributed by atoms with Crippen molar-refractivity contribution in [3.8, 4) is 0 Å². The molecule has 1 saturated carbocycles. The van der Waals surface area contributed by atoms with Crippen LogP contribution in [0.3, 0.4) is 0 Å². The van der Waals surface area contributed by atoms with E-state index in [-0.39, 0.29) is 5.91 Å². The zero-order chi connectivity index (χ0) is 18.3. The van der Waals surface area contributed by atoms with E-state index in [0.29, 0.717) is 11.5 Å². The number of hydrogen-bond donors (Lipinski definition) is 1. The minimum absolute atomic E-state index is 0.0556. The maximum absolute atomic E-state index is 12.4. The van der Waals surface area contributed by atoms with Crippen LogP contribution in [-0.2, 0) is 0 Å². The van der Waals surface area contributed by atoms with Gasteiger partial charge in [-0.15, -0.1) is 0 Å². The van der Waals surface area contributed by atoms with Crippen molar-refractivity contribution in [3.63, 3.8) is 0 Å². The first kappa shape index (κ1) is 16.3. The number of para-hydroxylation sites is 1. The number of nitrogens with zero attached hydrogens (tertiary/aromatic N) is 2. The molecule has 4 nitrogen and oxygen atoms in total. The molecule has 136 valence electrons. The molecule has 27 heavy (non-hydrogen) atoms. The highest BCUT2D eigenvalue weighted by molar-refractivity contribution is 5.94. The van der Waals surface area contributed by atoms with E-state index in [4.69, 9.17) is 0 Å². The van der Waals surface area contributed by atoms with Gasteiger partial charge in [0.15, 0.2) is 0 Å². The molecule has 2 aliphatic rings. The molecule has 1 aromatic heterocycles. The van der Waals surface area contributed by atoms with Crippen LogP contribution in [0.25, 0.3) is 10.9 Å². The summed E-state index contributed by atoms with van der Waals surface area (Å²) in [5.41, 5.74) is 3.37. The fraction of sp³-hybridized carbons (Fsp3) is 0.304. The minimum Gasteiger partial charge on any atom is -0.371 e. The summed E-state index contributed by atoms with van der Waals surface area (Å²) >= 11 is 0. The third kappa shape index (κ3) is 2.95. The number of amides is 1. The van der Waals surface area contributed by atoms with Gasteiger partial charge in [0.2, 0.25) is 0 Å². The molecule has 1 saturated heterocycles. The molecule has 1 aliphatic carbocycles. The summed E-state index contributed by atoms with van der Waals surface area (Å²) in [5.74, 6) is 0.0556. The van der Waals surface area contributed by atoms with Crippen LogP contribution >= 0.6 is 0 Å². The monoisotopic (exact) mass is 357 g/mol. The van der Waals surface area contributed by atoms with E-state index in [1.165, 1.54) is 11.1 Å². The van der Waals surface area contributed by atoms with Crippen molar-refractivity contribution in [1.82, 2.24) is 10.3 Å². The first-order valence-corrected chi connectivity index (χ1v) is 9.70. The van der Waals surface area contributed by atoms with E-state index in [1.54, 1.807) is 0 Å². The molecule has 1 spiro atoms. The number of hydrogen-bond acceptors (Lipinski definition) is 3. The maximum Gasteiger partial charge on any atom is 0.251 e. The highest BCUT2D eigenvalue weighted by Crippen LogP contribution is 2.54. The van der Waals surface area contributed by atoms with Crippen LogP contribution in [0.1, 0.15) is 29.6 Å². The zero-order valence-corrected chi connectivity index (χ0v) is 15.3. The number of rotatable bonds is 3. The molecular formula is C23H23N3O. The van der Waals surface area contributed by atoms with E-state index in [0.717, 1.165) is 43.4 Å². The Kier molecular flexibility index (Phi) is 3.85. The van der Waals surface area contributed by atoms with Gasteiger partial charge in [0, 0.05) is 42.0 Å². The van der Waals surface area contributed by atoms with Crippen molar-refractivity contribution in [1.29, 1.82) is 0 Å². The van der Waals surface area contributed by atoms with Gasteiger partial charge < -0.3 is 10.2 Å². The highest BCUT2D eigenvalue weighted by atomic mass is 16.1. The van der Waals surface area contributed by atoms with Crippen LogP contribution in [0.2, 0.25) is 0 Å².